The monoisotopic (exact) mass is 491 g/mol. The van der Waals surface area contributed by atoms with Gasteiger partial charge in [-0.1, -0.05) is 64.5 Å². The lowest BCUT2D eigenvalue weighted by atomic mass is 10.2. The van der Waals surface area contributed by atoms with Gasteiger partial charge in [0, 0.05) is 22.6 Å². The molecular weight excluding hydrogens is 474 g/mol. The first-order valence-electron chi connectivity index (χ1n) is 9.46. The van der Waals surface area contributed by atoms with Gasteiger partial charge in [0.1, 0.15) is 0 Å². The highest BCUT2D eigenvalue weighted by atomic mass is 79.9. The zero-order chi connectivity index (χ0) is 21.6. The molecule has 0 fully saturated rings. The second-order valence-electron chi connectivity index (χ2n) is 6.54. The van der Waals surface area contributed by atoms with Crippen molar-refractivity contribution in [3.05, 3.63) is 89.4 Å². The second kappa shape index (κ2) is 9.72. The number of thioether (sulfide) groups is 1. The largest absolute Gasteiger partial charge is 0.292 e. The number of hydrogen-bond donors (Lipinski definition) is 1. The molecule has 1 N–H and O–H groups in total. The Morgan fingerprint density at radius 2 is 1.58 bits per heavy atom. The van der Waals surface area contributed by atoms with E-state index in [1.54, 1.807) is 0 Å². The molecule has 0 aliphatic rings. The number of hydrogen-bond acceptors (Lipinski definition) is 6. The highest BCUT2D eigenvalue weighted by molar-refractivity contribution is 9.10. The van der Waals surface area contributed by atoms with E-state index in [4.69, 9.17) is 0 Å². The van der Waals surface area contributed by atoms with Gasteiger partial charge in [0.25, 0.3) is 0 Å². The lowest BCUT2D eigenvalue weighted by Crippen LogP contribution is -2.10. The quantitative estimate of drug-likeness (QED) is 0.159. The first-order chi connectivity index (χ1) is 15.1. The Kier molecular flexibility index (Phi) is 6.59. The van der Waals surface area contributed by atoms with Crippen molar-refractivity contribution in [1.29, 1.82) is 0 Å². The Morgan fingerprint density at radius 3 is 2.23 bits per heavy atom. The number of anilines is 1. The SMILES string of the molecule is CC(=O)/C(=N/Nc1ccc(Br)cc1)Sc1nnc(-c2ccccc2)n1-c1ccccc1. The van der Waals surface area contributed by atoms with Gasteiger partial charge in [-0.3, -0.25) is 14.8 Å². The predicted molar refractivity (Wildman–Crippen MR) is 129 cm³/mol. The smallest absolute Gasteiger partial charge is 0.202 e. The van der Waals surface area contributed by atoms with E-state index in [1.807, 2.05) is 89.5 Å². The molecule has 1 aromatic heterocycles. The number of carbonyl (C=O) groups excluding carboxylic acids is 1. The fraction of sp³-hybridized carbons (Fsp3) is 0.0435. The van der Waals surface area contributed by atoms with E-state index in [0.29, 0.717) is 11.0 Å². The fourth-order valence-corrected chi connectivity index (χ4v) is 3.86. The zero-order valence-corrected chi connectivity index (χ0v) is 19.0. The van der Waals surface area contributed by atoms with Crippen molar-refractivity contribution in [1.82, 2.24) is 14.8 Å². The summed E-state index contributed by atoms with van der Waals surface area (Å²) >= 11 is 4.58. The van der Waals surface area contributed by atoms with Crippen molar-refractivity contribution >= 4 is 44.2 Å². The van der Waals surface area contributed by atoms with Crippen molar-refractivity contribution in [2.75, 3.05) is 5.43 Å². The number of aromatic nitrogens is 3. The normalized spacial score (nSPS) is 11.4. The van der Waals surface area contributed by atoms with Crippen molar-refractivity contribution in [3.63, 3.8) is 0 Å². The summed E-state index contributed by atoms with van der Waals surface area (Å²) in [5, 5.41) is 13.9. The molecule has 0 spiro atoms. The zero-order valence-electron chi connectivity index (χ0n) is 16.6. The minimum absolute atomic E-state index is 0.168. The van der Waals surface area contributed by atoms with Crippen LogP contribution in [0.3, 0.4) is 0 Å². The van der Waals surface area contributed by atoms with Gasteiger partial charge in [-0.15, -0.1) is 10.2 Å². The maximum Gasteiger partial charge on any atom is 0.202 e. The first-order valence-corrected chi connectivity index (χ1v) is 11.1. The lowest BCUT2D eigenvalue weighted by Gasteiger charge is -2.10. The molecule has 8 heteroatoms. The van der Waals surface area contributed by atoms with Gasteiger partial charge in [-0.2, -0.15) is 5.10 Å². The number of carbonyl (C=O) groups is 1. The number of nitrogens with one attached hydrogen (secondary N) is 1. The van der Waals surface area contributed by atoms with Crippen LogP contribution in [0.1, 0.15) is 6.92 Å². The van der Waals surface area contributed by atoms with Gasteiger partial charge < -0.3 is 0 Å². The molecule has 0 atom stereocenters. The van der Waals surface area contributed by atoms with Crippen LogP contribution in [0.2, 0.25) is 0 Å². The van der Waals surface area contributed by atoms with Crippen molar-refractivity contribution in [3.8, 4) is 17.1 Å². The third-order valence-corrected chi connectivity index (χ3v) is 5.85. The molecule has 0 radical (unpaired) electrons. The van der Waals surface area contributed by atoms with E-state index in [9.17, 15) is 4.79 Å². The molecule has 1 heterocycles. The molecule has 154 valence electrons. The van der Waals surface area contributed by atoms with Gasteiger partial charge >= 0.3 is 0 Å². The summed E-state index contributed by atoms with van der Waals surface area (Å²) in [6.07, 6.45) is 0. The van der Waals surface area contributed by atoms with Crippen LogP contribution in [0.4, 0.5) is 5.69 Å². The molecule has 0 bridgehead atoms. The first kappa shape index (κ1) is 21.0. The van der Waals surface area contributed by atoms with Crippen molar-refractivity contribution < 1.29 is 4.79 Å². The van der Waals surface area contributed by atoms with E-state index in [0.717, 1.165) is 21.4 Å². The van der Waals surface area contributed by atoms with Gasteiger partial charge in [0.05, 0.1) is 5.69 Å². The number of halogens is 1. The number of benzene rings is 3. The van der Waals surface area contributed by atoms with Crippen LogP contribution in [-0.4, -0.2) is 25.6 Å². The second-order valence-corrected chi connectivity index (χ2v) is 8.41. The average Bonchev–Trinajstić information content (AvgIpc) is 3.22. The fourth-order valence-electron chi connectivity index (χ4n) is 2.82. The molecular formula is C23H18BrN5OS. The summed E-state index contributed by atoms with van der Waals surface area (Å²) in [5.41, 5.74) is 5.55. The molecule has 0 aliphatic heterocycles. The highest BCUT2D eigenvalue weighted by Crippen LogP contribution is 2.29. The molecule has 0 amide bonds. The lowest BCUT2D eigenvalue weighted by molar-refractivity contribution is -0.110. The van der Waals surface area contributed by atoms with Crippen LogP contribution in [0.5, 0.6) is 0 Å². The average molecular weight is 492 g/mol. The Hall–Kier alpha value is -3.23. The molecule has 31 heavy (non-hydrogen) atoms. The highest BCUT2D eigenvalue weighted by Gasteiger charge is 2.20. The summed E-state index contributed by atoms with van der Waals surface area (Å²) in [7, 11) is 0. The molecule has 0 unspecified atom stereocenters. The number of ketones is 1. The third-order valence-electron chi connectivity index (χ3n) is 4.30. The van der Waals surface area contributed by atoms with Gasteiger partial charge in [-0.25, -0.2) is 0 Å². The van der Waals surface area contributed by atoms with Crippen LogP contribution in [-0.2, 0) is 4.79 Å². The number of nitrogens with zero attached hydrogens (tertiary/aromatic N) is 4. The molecule has 3 aromatic carbocycles. The number of Topliss-reactive ketones (excluding diaryl/α,β-unsaturated/α-hetero) is 1. The van der Waals surface area contributed by atoms with Crippen LogP contribution < -0.4 is 5.43 Å². The van der Waals surface area contributed by atoms with Crippen LogP contribution in [0.15, 0.2) is 99.7 Å². The van der Waals surface area contributed by atoms with Gasteiger partial charge in [-0.05, 0) is 48.2 Å². The van der Waals surface area contributed by atoms with Crippen LogP contribution >= 0.6 is 27.7 Å². The van der Waals surface area contributed by atoms with Gasteiger partial charge in [0.2, 0.25) is 5.16 Å². The van der Waals surface area contributed by atoms with E-state index in [2.05, 4.69) is 36.7 Å². The maximum atomic E-state index is 12.3. The summed E-state index contributed by atoms with van der Waals surface area (Å²) in [4.78, 5) is 12.3. The summed E-state index contributed by atoms with van der Waals surface area (Å²) in [6, 6.07) is 27.2. The molecule has 4 aromatic rings. The molecule has 4 rings (SSSR count). The Labute approximate surface area is 192 Å². The minimum atomic E-state index is -0.168. The minimum Gasteiger partial charge on any atom is -0.292 e. The van der Waals surface area contributed by atoms with E-state index in [1.165, 1.54) is 18.7 Å². The summed E-state index contributed by atoms with van der Waals surface area (Å²) < 4.78 is 2.89. The number of rotatable bonds is 6. The van der Waals surface area contributed by atoms with E-state index in [-0.39, 0.29) is 10.8 Å². The molecule has 6 nitrogen and oxygen atoms in total. The van der Waals surface area contributed by atoms with Crippen LogP contribution in [0, 0.1) is 0 Å². The van der Waals surface area contributed by atoms with Crippen molar-refractivity contribution in [2.24, 2.45) is 5.10 Å². The predicted octanol–water partition coefficient (Wildman–Crippen LogP) is 5.80. The van der Waals surface area contributed by atoms with Gasteiger partial charge in [0.15, 0.2) is 16.7 Å². The summed E-state index contributed by atoms with van der Waals surface area (Å²) in [6.45, 7) is 1.48. The van der Waals surface area contributed by atoms with E-state index >= 15 is 0 Å². The molecule has 0 saturated heterocycles. The summed E-state index contributed by atoms with van der Waals surface area (Å²) in [5.74, 6) is 0.525. The maximum absolute atomic E-state index is 12.3. The molecule has 0 aliphatic carbocycles. The Bertz CT molecular complexity index is 1210. The standard InChI is InChI=1S/C23H18BrN5OS/c1-16(30)22(27-25-19-14-12-18(24)13-15-19)31-23-28-26-21(17-8-4-2-5-9-17)29(23)20-10-6-3-7-11-20/h2-15,25H,1H3/b27-22-. The topological polar surface area (TPSA) is 72.2 Å². The van der Waals surface area contributed by atoms with Crippen LogP contribution in [0.25, 0.3) is 17.1 Å². The number of hydrazone groups is 1. The number of para-hydroxylation sites is 1. The Morgan fingerprint density at radius 1 is 0.935 bits per heavy atom. The van der Waals surface area contributed by atoms with E-state index < -0.39 is 0 Å². The molecule has 0 saturated carbocycles. The Balaban J connectivity index is 1.71. The van der Waals surface area contributed by atoms with Crippen molar-refractivity contribution in [2.45, 2.75) is 12.1 Å². The third kappa shape index (κ3) is 5.10.